The molecule has 0 spiro atoms. The number of nitro benzene ring substituents is 1. The maximum absolute atomic E-state index is 13.1. The number of sulfonamides is 1. The van der Waals surface area contributed by atoms with E-state index in [4.69, 9.17) is 0 Å². The molecule has 0 N–H and O–H groups in total. The molecule has 126 valence electrons. The van der Waals surface area contributed by atoms with Gasteiger partial charge in [0.15, 0.2) is 4.90 Å². The lowest BCUT2D eigenvalue weighted by atomic mass is 10.1. The number of rotatable bonds is 3. The zero-order valence-corrected chi connectivity index (χ0v) is 14.0. The highest BCUT2D eigenvalue weighted by atomic mass is 32.2. The van der Waals surface area contributed by atoms with Crippen molar-refractivity contribution in [3.63, 3.8) is 0 Å². The standard InChI is InChI=1S/C15H21N3O4S/c1-12-5-4-7-14(18(19)20)15(12)23(21,22)17-10-9-16-8-3-2-6-13(17)11-16/h4-5,7,13H,2-3,6,8-11H2,1H3. The van der Waals surface area contributed by atoms with Gasteiger partial charge in [0, 0.05) is 31.7 Å². The Morgan fingerprint density at radius 1 is 1.22 bits per heavy atom. The van der Waals surface area contributed by atoms with E-state index in [1.165, 1.54) is 16.4 Å². The molecule has 0 amide bonds. The first-order chi connectivity index (χ1) is 10.9. The van der Waals surface area contributed by atoms with Crippen LogP contribution in [0.4, 0.5) is 5.69 Å². The number of benzene rings is 1. The van der Waals surface area contributed by atoms with Crippen LogP contribution in [0.3, 0.4) is 0 Å². The number of nitro groups is 1. The molecule has 2 aliphatic heterocycles. The van der Waals surface area contributed by atoms with Gasteiger partial charge < -0.3 is 4.90 Å². The fraction of sp³-hybridized carbons (Fsp3) is 0.600. The summed E-state index contributed by atoms with van der Waals surface area (Å²) >= 11 is 0. The second kappa shape index (κ2) is 6.18. The molecular formula is C15H21N3O4S. The average Bonchev–Trinajstić information content (AvgIpc) is 2.68. The van der Waals surface area contributed by atoms with E-state index >= 15 is 0 Å². The van der Waals surface area contributed by atoms with Crippen LogP contribution in [0.2, 0.25) is 0 Å². The van der Waals surface area contributed by atoms with Crippen LogP contribution in [0, 0.1) is 17.0 Å². The molecule has 8 heteroatoms. The highest BCUT2D eigenvalue weighted by molar-refractivity contribution is 7.89. The molecule has 2 saturated heterocycles. The van der Waals surface area contributed by atoms with Gasteiger partial charge in [-0.1, -0.05) is 18.6 Å². The molecule has 2 bridgehead atoms. The van der Waals surface area contributed by atoms with Crippen molar-refractivity contribution in [3.05, 3.63) is 33.9 Å². The Hall–Kier alpha value is -1.51. The molecule has 1 aromatic carbocycles. The molecule has 0 aliphatic carbocycles. The van der Waals surface area contributed by atoms with Crippen LogP contribution >= 0.6 is 0 Å². The Bertz CT molecular complexity index is 719. The van der Waals surface area contributed by atoms with Gasteiger partial charge in [0.2, 0.25) is 0 Å². The Morgan fingerprint density at radius 3 is 2.74 bits per heavy atom. The summed E-state index contributed by atoms with van der Waals surface area (Å²) in [7, 11) is -3.87. The van der Waals surface area contributed by atoms with Gasteiger partial charge in [-0.3, -0.25) is 10.1 Å². The van der Waals surface area contributed by atoms with Crippen LogP contribution < -0.4 is 0 Å². The van der Waals surface area contributed by atoms with E-state index in [9.17, 15) is 18.5 Å². The van der Waals surface area contributed by atoms with Crippen molar-refractivity contribution in [1.29, 1.82) is 0 Å². The lowest BCUT2D eigenvalue weighted by Crippen LogP contribution is -2.54. The van der Waals surface area contributed by atoms with Crippen LogP contribution in [0.5, 0.6) is 0 Å². The van der Waals surface area contributed by atoms with Crippen molar-refractivity contribution in [2.75, 3.05) is 26.2 Å². The van der Waals surface area contributed by atoms with E-state index in [0.29, 0.717) is 18.7 Å². The van der Waals surface area contributed by atoms with Crippen LogP contribution in [0.1, 0.15) is 24.8 Å². The highest BCUT2D eigenvalue weighted by Crippen LogP contribution is 2.33. The number of hydrogen-bond donors (Lipinski definition) is 0. The predicted octanol–water partition coefficient (Wildman–Crippen LogP) is 1.76. The van der Waals surface area contributed by atoms with Crippen molar-refractivity contribution < 1.29 is 13.3 Å². The number of aryl methyl sites for hydroxylation is 1. The molecule has 2 fully saturated rings. The summed E-state index contributed by atoms with van der Waals surface area (Å²) in [6, 6.07) is 4.32. The third-order valence-corrected chi connectivity index (χ3v) is 6.87. The quantitative estimate of drug-likeness (QED) is 0.619. The topological polar surface area (TPSA) is 83.8 Å². The summed E-state index contributed by atoms with van der Waals surface area (Å²) in [5.74, 6) is 0. The molecule has 3 rings (SSSR count). The second-order valence-electron chi connectivity index (χ2n) is 6.25. The first-order valence-electron chi connectivity index (χ1n) is 7.89. The molecule has 2 atom stereocenters. The number of fused-ring (bicyclic) bond motifs is 2. The second-order valence-corrected chi connectivity index (χ2v) is 8.07. The summed E-state index contributed by atoms with van der Waals surface area (Å²) in [5.41, 5.74) is 0.0938. The van der Waals surface area contributed by atoms with E-state index in [1.807, 2.05) is 0 Å². The summed E-state index contributed by atoms with van der Waals surface area (Å²) < 4.78 is 27.8. The van der Waals surface area contributed by atoms with Crippen LogP contribution in [0.15, 0.2) is 23.1 Å². The third kappa shape index (κ3) is 2.98. The SMILES string of the molecule is Cc1cccc([N+](=O)[O-])c1S(=O)(=O)N1CCN2CCCCC1C2. The Labute approximate surface area is 136 Å². The zero-order valence-electron chi connectivity index (χ0n) is 13.1. The smallest absolute Gasteiger partial charge is 0.289 e. The molecule has 0 aromatic heterocycles. The van der Waals surface area contributed by atoms with E-state index in [1.54, 1.807) is 13.0 Å². The molecule has 2 heterocycles. The van der Waals surface area contributed by atoms with Gasteiger partial charge in [0.25, 0.3) is 15.7 Å². The normalized spacial score (nSPS) is 25.8. The van der Waals surface area contributed by atoms with Crippen LogP contribution in [-0.4, -0.2) is 54.8 Å². The van der Waals surface area contributed by atoms with E-state index in [2.05, 4.69) is 4.90 Å². The lowest BCUT2D eigenvalue weighted by molar-refractivity contribution is -0.387. The molecule has 2 unspecified atom stereocenters. The summed E-state index contributed by atoms with van der Waals surface area (Å²) in [6.07, 6.45) is 2.88. The first-order valence-corrected chi connectivity index (χ1v) is 9.33. The average molecular weight is 339 g/mol. The monoisotopic (exact) mass is 339 g/mol. The lowest BCUT2D eigenvalue weighted by Gasteiger charge is -2.38. The van der Waals surface area contributed by atoms with E-state index < -0.39 is 14.9 Å². The minimum atomic E-state index is -3.87. The van der Waals surface area contributed by atoms with Crippen molar-refractivity contribution in [3.8, 4) is 0 Å². The highest BCUT2D eigenvalue weighted by Gasteiger charge is 2.40. The van der Waals surface area contributed by atoms with Gasteiger partial charge >= 0.3 is 0 Å². The number of nitrogens with zero attached hydrogens (tertiary/aromatic N) is 3. The van der Waals surface area contributed by atoms with Gasteiger partial charge in [0.05, 0.1) is 4.92 Å². The van der Waals surface area contributed by atoms with Gasteiger partial charge in [0.1, 0.15) is 0 Å². The third-order valence-electron chi connectivity index (χ3n) is 4.73. The van der Waals surface area contributed by atoms with Crippen molar-refractivity contribution in [2.45, 2.75) is 37.1 Å². The Balaban J connectivity index is 2.04. The fourth-order valence-corrected chi connectivity index (χ4v) is 5.61. The van der Waals surface area contributed by atoms with E-state index in [-0.39, 0.29) is 16.6 Å². The zero-order chi connectivity index (χ0) is 16.6. The number of piperazine rings is 1. The minimum Gasteiger partial charge on any atom is -0.300 e. The Morgan fingerprint density at radius 2 is 2.00 bits per heavy atom. The Kier molecular flexibility index (Phi) is 4.39. The van der Waals surface area contributed by atoms with Crippen LogP contribution in [0.25, 0.3) is 0 Å². The molecule has 0 radical (unpaired) electrons. The van der Waals surface area contributed by atoms with Gasteiger partial charge in [-0.05, 0) is 31.9 Å². The van der Waals surface area contributed by atoms with Crippen molar-refractivity contribution in [2.24, 2.45) is 0 Å². The van der Waals surface area contributed by atoms with Gasteiger partial charge in [-0.15, -0.1) is 0 Å². The predicted molar refractivity (Wildman–Crippen MR) is 85.8 cm³/mol. The first kappa shape index (κ1) is 16.4. The molecule has 1 aromatic rings. The molecule has 0 saturated carbocycles. The van der Waals surface area contributed by atoms with Gasteiger partial charge in [-0.25, -0.2) is 8.42 Å². The summed E-state index contributed by atoms with van der Waals surface area (Å²) in [5, 5.41) is 11.3. The van der Waals surface area contributed by atoms with Crippen molar-refractivity contribution >= 4 is 15.7 Å². The van der Waals surface area contributed by atoms with Crippen LogP contribution in [-0.2, 0) is 10.0 Å². The minimum absolute atomic E-state index is 0.0875. The summed E-state index contributed by atoms with van der Waals surface area (Å²) in [6.45, 7) is 4.44. The van der Waals surface area contributed by atoms with E-state index in [0.717, 1.165) is 32.4 Å². The summed E-state index contributed by atoms with van der Waals surface area (Å²) in [4.78, 5) is 12.8. The number of hydrogen-bond acceptors (Lipinski definition) is 5. The molecule has 23 heavy (non-hydrogen) atoms. The largest absolute Gasteiger partial charge is 0.300 e. The maximum Gasteiger partial charge on any atom is 0.289 e. The molecular weight excluding hydrogens is 318 g/mol. The maximum atomic E-state index is 13.1. The van der Waals surface area contributed by atoms with Gasteiger partial charge in [-0.2, -0.15) is 4.31 Å². The fourth-order valence-electron chi connectivity index (χ4n) is 3.61. The van der Waals surface area contributed by atoms with Crippen molar-refractivity contribution in [1.82, 2.24) is 9.21 Å². The molecule has 2 aliphatic rings. The molecule has 7 nitrogen and oxygen atoms in total.